The Morgan fingerprint density at radius 3 is 2.59 bits per heavy atom. The number of nitrogens with one attached hydrogen (secondary N) is 2. The van der Waals surface area contributed by atoms with Crippen molar-refractivity contribution in [2.75, 3.05) is 13.2 Å². The van der Waals surface area contributed by atoms with E-state index in [0.29, 0.717) is 18.6 Å². The smallest absolute Gasteiger partial charge is 0.325 e. The van der Waals surface area contributed by atoms with Gasteiger partial charge in [-0.2, -0.15) is 0 Å². The number of aromatic amines is 2. The van der Waals surface area contributed by atoms with Crippen LogP contribution < -0.4 is 11.2 Å². The molecular formula is C10H16N2O5. The van der Waals surface area contributed by atoms with Gasteiger partial charge in [-0.05, 0) is 13.3 Å². The molecule has 0 radical (unpaired) electrons. The SMILES string of the molecule is Cc1c[nH]c(=O)[nH]c1=O.OC[C@@H]1OCCC1O. The number of ether oxygens (including phenoxy) is 1. The molecule has 7 nitrogen and oxygen atoms in total. The molecule has 1 fully saturated rings. The molecule has 0 saturated carbocycles. The summed E-state index contributed by atoms with van der Waals surface area (Å²) >= 11 is 0. The van der Waals surface area contributed by atoms with Gasteiger partial charge < -0.3 is 19.9 Å². The number of H-pyrrole nitrogens is 2. The predicted octanol–water partition coefficient (Wildman–Crippen LogP) is -1.50. The molecule has 0 aliphatic carbocycles. The van der Waals surface area contributed by atoms with Gasteiger partial charge in [-0.3, -0.25) is 9.78 Å². The van der Waals surface area contributed by atoms with Crippen molar-refractivity contribution < 1.29 is 14.9 Å². The molecule has 96 valence electrons. The first-order chi connectivity index (χ1) is 8.04. The maximum absolute atomic E-state index is 10.6. The van der Waals surface area contributed by atoms with Crippen LogP contribution >= 0.6 is 0 Å². The molecular weight excluding hydrogens is 228 g/mol. The molecule has 17 heavy (non-hydrogen) atoms. The number of aliphatic hydroxyl groups excluding tert-OH is 2. The number of aliphatic hydroxyl groups is 2. The maximum Gasteiger partial charge on any atom is 0.325 e. The molecule has 1 aromatic rings. The molecule has 1 aliphatic heterocycles. The second kappa shape index (κ2) is 6.33. The summed E-state index contributed by atoms with van der Waals surface area (Å²) in [6, 6.07) is 0. The van der Waals surface area contributed by atoms with E-state index in [4.69, 9.17) is 14.9 Å². The lowest BCUT2D eigenvalue weighted by molar-refractivity contribution is 0.00406. The van der Waals surface area contributed by atoms with Gasteiger partial charge in [-0.15, -0.1) is 0 Å². The Hall–Kier alpha value is -1.44. The summed E-state index contributed by atoms with van der Waals surface area (Å²) in [4.78, 5) is 25.3. The zero-order valence-electron chi connectivity index (χ0n) is 9.47. The summed E-state index contributed by atoms with van der Waals surface area (Å²) in [5.41, 5.74) is -0.293. The van der Waals surface area contributed by atoms with E-state index in [-0.39, 0.29) is 18.3 Å². The van der Waals surface area contributed by atoms with E-state index in [0.717, 1.165) is 0 Å². The quantitative estimate of drug-likeness (QED) is 0.480. The molecule has 4 N–H and O–H groups in total. The lowest BCUT2D eigenvalue weighted by Gasteiger charge is -2.07. The third-order valence-electron chi connectivity index (χ3n) is 2.36. The van der Waals surface area contributed by atoms with Crippen LogP contribution in [0.25, 0.3) is 0 Å². The molecule has 2 atom stereocenters. The van der Waals surface area contributed by atoms with Crippen LogP contribution in [-0.4, -0.2) is 45.6 Å². The fraction of sp³-hybridized carbons (Fsp3) is 0.600. The monoisotopic (exact) mass is 244 g/mol. The van der Waals surface area contributed by atoms with E-state index >= 15 is 0 Å². The lowest BCUT2D eigenvalue weighted by atomic mass is 10.2. The van der Waals surface area contributed by atoms with Crippen LogP contribution in [0.15, 0.2) is 15.8 Å². The Morgan fingerprint density at radius 2 is 2.24 bits per heavy atom. The zero-order valence-corrected chi connectivity index (χ0v) is 9.47. The average Bonchev–Trinajstić information content (AvgIpc) is 2.70. The highest BCUT2D eigenvalue weighted by atomic mass is 16.5. The largest absolute Gasteiger partial charge is 0.394 e. The molecule has 2 rings (SSSR count). The fourth-order valence-corrected chi connectivity index (χ4v) is 1.29. The van der Waals surface area contributed by atoms with Crippen molar-refractivity contribution in [1.29, 1.82) is 0 Å². The normalized spacial score (nSPS) is 23.0. The van der Waals surface area contributed by atoms with Gasteiger partial charge in [0.15, 0.2) is 0 Å². The third kappa shape index (κ3) is 4.14. The highest BCUT2D eigenvalue weighted by Crippen LogP contribution is 2.11. The topological polar surface area (TPSA) is 115 Å². The highest BCUT2D eigenvalue weighted by molar-refractivity contribution is 4.98. The Balaban J connectivity index is 0.000000171. The summed E-state index contributed by atoms with van der Waals surface area (Å²) in [5.74, 6) is 0. The van der Waals surface area contributed by atoms with Crippen molar-refractivity contribution in [3.8, 4) is 0 Å². The molecule has 2 heterocycles. The second-order valence-corrected chi connectivity index (χ2v) is 3.70. The van der Waals surface area contributed by atoms with Crippen LogP contribution in [0.5, 0.6) is 0 Å². The summed E-state index contributed by atoms with van der Waals surface area (Å²) in [5, 5.41) is 17.4. The Labute approximate surface area is 97.1 Å². The number of hydrogen-bond acceptors (Lipinski definition) is 5. The van der Waals surface area contributed by atoms with Crippen molar-refractivity contribution in [3.05, 3.63) is 32.6 Å². The zero-order chi connectivity index (χ0) is 12.8. The maximum atomic E-state index is 10.6. The molecule has 1 saturated heterocycles. The van der Waals surface area contributed by atoms with E-state index in [2.05, 4.69) is 9.97 Å². The Morgan fingerprint density at radius 1 is 1.53 bits per heavy atom. The summed E-state index contributed by atoms with van der Waals surface area (Å²) in [7, 11) is 0. The third-order valence-corrected chi connectivity index (χ3v) is 2.36. The minimum atomic E-state index is -0.467. The van der Waals surface area contributed by atoms with Gasteiger partial charge in [0.05, 0.1) is 12.7 Å². The molecule has 1 unspecified atom stereocenters. The van der Waals surface area contributed by atoms with Crippen LogP contribution in [-0.2, 0) is 4.74 Å². The predicted molar refractivity (Wildman–Crippen MR) is 59.9 cm³/mol. The van der Waals surface area contributed by atoms with Gasteiger partial charge >= 0.3 is 5.69 Å². The molecule has 1 aliphatic rings. The van der Waals surface area contributed by atoms with Gasteiger partial charge in [-0.1, -0.05) is 0 Å². The first-order valence-corrected chi connectivity index (χ1v) is 5.23. The number of aromatic nitrogens is 2. The van der Waals surface area contributed by atoms with Crippen LogP contribution in [0.2, 0.25) is 0 Å². The summed E-state index contributed by atoms with van der Waals surface area (Å²) in [6.07, 6.45) is 1.27. The molecule has 0 amide bonds. The first kappa shape index (κ1) is 13.6. The van der Waals surface area contributed by atoms with Crippen molar-refractivity contribution in [2.45, 2.75) is 25.6 Å². The second-order valence-electron chi connectivity index (χ2n) is 3.70. The lowest BCUT2D eigenvalue weighted by Crippen LogP contribution is -2.24. The van der Waals surface area contributed by atoms with Gasteiger partial charge in [0.25, 0.3) is 5.56 Å². The Bertz CT molecular complexity index is 452. The standard InChI is InChI=1S/C5H6N2O2.C5H10O3/c1-3-2-6-5(9)7-4(3)8;6-3-5-4(7)1-2-8-5/h2H,1H3,(H2,6,7,8,9);4-7H,1-3H2/t;4?,5-/m.0/s1. The molecule has 0 aromatic carbocycles. The van der Waals surface area contributed by atoms with Crippen LogP contribution in [0.4, 0.5) is 0 Å². The van der Waals surface area contributed by atoms with Crippen molar-refractivity contribution in [1.82, 2.24) is 9.97 Å². The highest BCUT2D eigenvalue weighted by Gasteiger charge is 2.24. The van der Waals surface area contributed by atoms with E-state index < -0.39 is 11.8 Å². The summed E-state index contributed by atoms with van der Waals surface area (Å²) < 4.78 is 4.91. The van der Waals surface area contributed by atoms with E-state index in [1.807, 2.05) is 0 Å². The van der Waals surface area contributed by atoms with Crippen LogP contribution in [0, 0.1) is 6.92 Å². The first-order valence-electron chi connectivity index (χ1n) is 5.23. The number of aryl methyl sites for hydroxylation is 1. The number of hydrogen-bond donors (Lipinski definition) is 4. The van der Waals surface area contributed by atoms with E-state index in [9.17, 15) is 9.59 Å². The molecule has 1 aromatic heterocycles. The minimum Gasteiger partial charge on any atom is -0.394 e. The van der Waals surface area contributed by atoms with Gasteiger partial charge in [-0.25, -0.2) is 4.79 Å². The van der Waals surface area contributed by atoms with Crippen molar-refractivity contribution >= 4 is 0 Å². The average molecular weight is 244 g/mol. The summed E-state index contributed by atoms with van der Waals surface area (Å²) in [6.45, 7) is 2.13. The fourth-order valence-electron chi connectivity index (χ4n) is 1.29. The molecule has 0 bridgehead atoms. The van der Waals surface area contributed by atoms with Gasteiger partial charge in [0.2, 0.25) is 0 Å². The van der Waals surface area contributed by atoms with Gasteiger partial charge in [0.1, 0.15) is 6.10 Å². The van der Waals surface area contributed by atoms with E-state index in [1.54, 1.807) is 6.92 Å². The van der Waals surface area contributed by atoms with E-state index in [1.165, 1.54) is 6.20 Å². The molecule has 7 heteroatoms. The minimum absolute atomic E-state index is 0.0683. The van der Waals surface area contributed by atoms with Crippen molar-refractivity contribution in [2.24, 2.45) is 0 Å². The van der Waals surface area contributed by atoms with Gasteiger partial charge in [0, 0.05) is 18.4 Å². The van der Waals surface area contributed by atoms with Crippen LogP contribution in [0.1, 0.15) is 12.0 Å². The molecule has 0 spiro atoms. The van der Waals surface area contributed by atoms with Crippen LogP contribution in [0.3, 0.4) is 0 Å². The number of rotatable bonds is 1. The van der Waals surface area contributed by atoms with Crippen molar-refractivity contribution in [3.63, 3.8) is 0 Å². The Kier molecular flexibility index (Phi) is 5.08.